The van der Waals surface area contributed by atoms with Gasteiger partial charge in [-0.2, -0.15) is 0 Å². The van der Waals surface area contributed by atoms with Crippen LogP contribution in [-0.2, 0) is 9.47 Å². The van der Waals surface area contributed by atoms with Crippen molar-refractivity contribution in [2.45, 2.75) is 19.3 Å². The highest BCUT2D eigenvalue weighted by atomic mass is 19.1. The second-order valence-corrected chi connectivity index (χ2v) is 3.40. The molecule has 0 aliphatic rings. The van der Waals surface area contributed by atoms with Crippen LogP contribution in [0.25, 0.3) is 0 Å². The fourth-order valence-electron chi connectivity index (χ4n) is 1.42. The number of halogens is 2. The van der Waals surface area contributed by atoms with Crippen LogP contribution in [0.1, 0.15) is 6.92 Å². The highest BCUT2D eigenvalue weighted by Gasteiger charge is 2.16. The molecule has 0 spiro atoms. The summed E-state index contributed by atoms with van der Waals surface area (Å²) in [5.74, 6) is -1.25. The molecule has 3 nitrogen and oxygen atoms in total. The normalized spacial score (nSPS) is 12.9. The van der Waals surface area contributed by atoms with Crippen molar-refractivity contribution in [3.8, 4) is 0 Å². The average molecular weight is 231 g/mol. The van der Waals surface area contributed by atoms with Crippen molar-refractivity contribution >= 4 is 5.69 Å². The number of benzene rings is 1. The van der Waals surface area contributed by atoms with Crippen molar-refractivity contribution in [1.29, 1.82) is 0 Å². The van der Waals surface area contributed by atoms with Crippen molar-refractivity contribution in [2.75, 3.05) is 19.5 Å². The van der Waals surface area contributed by atoms with Gasteiger partial charge < -0.3 is 14.8 Å². The van der Waals surface area contributed by atoms with E-state index in [1.807, 2.05) is 0 Å². The molecule has 0 aliphatic carbocycles. The molecule has 5 heteroatoms. The van der Waals surface area contributed by atoms with Crippen LogP contribution in [0.2, 0.25) is 0 Å². The summed E-state index contributed by atoms with van der Waals surface area (Å²) in [5, 5.41) is 2.85. The summed E-state index contributed by atoms with van der Waals surface area (Å²) >= 11 is 0. The zero-order valence-corrected chi connectivity index (χ0v) is 9.46. The van der Waals surface area contributed by atoms with Crippen molar-refractivity contribution < 1.29 is 18.3 Å². The van der Waals surface area contributed by atoms with Gasteiger partial charge in [-0.05, 0) is 19.1 Å². The minimum absolute atomic E-state index is 0.216. The van der Waals surface area contributed by atoms with E-state index in [-0.39, 0.29) is 11.7 Å². The third kappa shape index (κ3) is 3.15. The molecule has 0 saturated carbocycles. The second kappa shape index (κ2) is 5.77. The van der Waals surface area contributed by atoms with Crippen LogP contribution in [0.4, 0.5) is 14.5 Å². The maximum Gasteiger partial charge on any atom is 0.176 e. The molecular formula is C11H15F2NO2. The molecule has 0 fully saturated rings. The molecular weight excluding hydrogens is 216 g/mol. The molecule has 1 N–H and O–H groups in total. The monoisotopic (exact) mass is 231 g/mol. The molecule has 0 aromatic heterocycles. The molecule has 0 amide bonds. The zero-order valence-electron chi connectivity index (χ0n) is 9.46. The van der Waals surface area contributed by atoms with E-state index in [1.165, 1.54) is 26.4 Å². The van der Waals surface area contributed by atoms with E-state index < -0.39 is 17.9 Å². The molecule has 0 bridgehead atoms. The van der Waals surface area contributed by atoms with E-state index in [4.69, 9.17) is 9.47 Å². The van der Waals surface area contributed by atoms with Crippen molar-refractivity contribution in [3.05, 3.63) is 29.8 Å². The SMILES string of the molecule is COC(OC)C(C)Nc1ccc(F)cc1F. The Bertz CT molecular complexity index is 343. The maximum absolute atomic E-state index is 13.3. The Balaban J connectivity index is 2.72. The van der Waals surface area contributed by atoms with Crippen LogP contribution < -0.4 is 5.32 Å². The standard InChI is InChI=1S/C11H15F2NO2/c1-7(11(15-2)16-3)14-10-5-4-8(12)6-9(10)13/h4-7,11,14H,1-3H3. The largest absolute Gasteiger partial charge is 0.375 e. The van der Waals surface area contributed by atoms with Crippen LogP contribution in [0.5, 0.6) is 0 Å². The van der Waals surface area contributed by atoms with Gasteiger partial charge in [0, 0.05) is 20.3 Å². The highest BCUT2D eigenvalue weighted by molar-refractivity contribution is 5.45. The molecule has 16 heavy (non-hydrogen) atoms. The average Bonchev–Trinajstić information content (AvgIpc) is 2.24. The van der Waals surface area contributed by atoms with E-state index in [9.17, 15) is 8.78 Å². The van der Waals surface area contributed by atoms with Gasteiger partial charge in [0.05, 0.1) is 11.7 Å². The molecule has 1 aromatic rings. The number of rotatable bonds is 5. The van der Waals surface area contributed by atoms with E-state index in [0.717, 1.165) is 6.07 Å². The first-order valence-corrected chi connectivity index (χ1v) is 4.85. The molecule has 1 rings (SSSR count). The lowest BCUT2D eigenvalue weighted by Crippen LogP contribution is -2.34. The Hall–Kier alpha value is -1.20. The van der Waals surface area contributed by atoms with E-state index in [0.29, 0.717) is 0 Å². The van der Waals surface area contributed by atoms with Gasteiger partial charge in [0.1, 0.15) is 11.6 Å². The third-order valence-corrected chi connectivity index (χ3v) is 2.19. The van der Waals surface area contributed by atoms with Crippen molar-refractivity contribution in [3.63, 3.8) is 0 Å². The van der Waals surface area contributed by atoms with Gasteiger partial charge in [-0.3, -0.25) is 0 Å². The molecule has 90 valence electrons. The van der Waals surface area contributed by atoms with Gasteiger partial charge in [-0.25, -0.2) is 8.78 Å². The fourth-order valence-corrected chi connectivity index (χ4v) is 1.42. The summed E-state index contributed by atoms with van der Waals surface area (Å²) in [7, 11) is 2.99. The van der Waals surface area contributed by atoms with Crippen LogP contribution in [-0.4, -0.2) is 26.6 Å². The Morgan fingerprint density at radius 2 is 1.81 bits per heavy atom. The first-order valence-electron chi connectivity index (χ1n) is 4.85. The van der Waals surface area contributed by atoms with Gasteiger partial charge in [0.2, 0.25) is 0 Å². The minimum Gasteiger partial charge on any atom is -0.375 e. The third-order valence-electron chi connectivity index (χ3n) is 2.19. The van der Waals surface area contributed by atoms with Gasteiger partial charge in [-0.15, -0.1) is 0 Å². The Morgan fingerprint density at radius 1 is 1.19 bits per heavy atom. The lowest BCUT2D eigenvalue weighted by atomic mass is 10.2. The molecule has 0 heterocycles. The smallest absolute Gasteiger partial charge is 0.176 e. The van der Waals surface area contributed by atoms with Crippen molar-refractivity contribution in [1.82, 2.24) is 0 Å². The van der Waals surface area contributed by atoms with Gasteiger partial charge in [0.15, 0.2) is 6.29 Å². The maximum atomic E-state index is 13.3. The Labute approximate surface area is 93.4 Å². The molecule has 0 saturated heterocycles. The summed E-state index contributed by atoms with van der Waals surface area (Å²) in [5.41, 5.74) is 0.216. The first kappa shape index (κ1) is 12.9. The molecule has 0 radical (unpaired) electrons. The van der Waals surface area contributed by atoms with Crippen LogP contribution >= 0.6 is 0 Å². The lowest BCUT2D eigenvalue weighted by Gasteiger charge is -2.23. The second-order valence-electron chi connectivity index (χ2n) is 3.40. The number of methoxy groups -OCH3 is 2. The number of hydrogen-bond acceptors (Lipinski definition) is 3. The number of hydrogen-bond donors (Lipinski definition) is 1. The summed E-state index contributed by atoms with van der Waals surface area (Å²) in [6, 6.07) is 3.09. The van der Waals surface area contributed by atoms with E-state index >= 15 is 0 Å². The number of ether oxygens (including phenoxy) is 2. The summed E-state index contributed by atoms with van der Waals surface area (Å²) in [6.07, 6.45) is -0.496. The topological polar surface area (TPSA) is 30.5 Å². The van der Waals surface area contributed by atoms with Crippen LogP contribution in [0.15, 0.2) is 18.2 Å². The Kier molecular flexibility index (Phi) is 4.64. The molecule has 1 unspecified atom stereocenters. The Morgan fingerprint density at radius 3 is 2.31 bits per heavy atom. The zero-order chi connectivity index (χ0) is 12.1. The predicted octanol–water partition coefficient (Wildman–Crippen LogP) is 2.38. The number of nitrogens with one attached hydrogen (secondary N) is 1. The van der Waals surface area contributed by atoms with E-state index in [1.54, 1.807) is 6.92 Å². The lowest BCUT2D eigenvalue weighted by molar-refractivity contribution is -0.109. The molecule has 0 aliphatic heterocycles. The van der Waals surface area contributed by atoms with Crippen LogP contribution in [0, 0.1) is 11.6 Å². The van der Waals surface area contributed by atoms with Gasteiger partial charge in [-0.1, -0.05) is 0 Å². The summed E-state index contributed by atoms with van der Waals surface area (Å²) in [6.45, 7) is 1.78. The quantitative estimate of drug-likeness (QED) is 0.789. The summed E-state index contributed by atoms with van der Waals surface area (Å²) < 4.78 is 36.0. The van der Waals surface area contributed by atoms with Gasteiger partial charge in [0.25, 0.3) is 0 Å². The first-order chi connectivity index (χ1) is 7.58. The molecule has 1 aromatic carbocycles. The minimum atomic E-state index is -0.641. The van der Waals surface area contributed by atoms with E-state index in [2.05, 4.69) is 5.32 Å². The van der Waals surface area contributed by atoms with Crippen LogP contribution in [0.3, 0.4) is 0 Å². The highest BCUT2D eigenvalue weighted by Crippen LogP contribution is 2.17. The predicted molar refractivity (Wildman–Crippen MR) is 57.2 cm³/mol. The fraction of sp³-hybridized carbons (Fsp3) is 0.455. The number of anilines is 1. The summed E-state index contributed by atoms with van der Waals surface area (Å²) in [4.78, 5) is 0. The van der Waals surface area contributed by atoms with Crippen molar-refractivity contribution in [2.24, 2.45) is 0 Å². The van der Waals surface area contributed by atoms with Gasteiger partial charge >= 0.3 is 0 Å². The molecule has 1 atom stereocenters.